The summed E-state index contributed by atoms with van der Waals surface area (Å²) in [6, 6.07) is 17.2. The summed E-state index contributed by atoms with van der Waals surface area (Å²) in [4.78, 5) is 27.9. The van der Waals surface area contributed by atoms with Crippen molar-refractivity contribution in [1.82, 2.24) is 15.4 Å². The van der Waals surface area contributed by atoms with E-state index in [4.69, 9.17) is 4.52 Å². The van der Waals surface area contributed by atoms with Crippen LogP contribution in [-0.4, -0.2) is 41.5 Å². The first-order chi connectivity index (χ1) is 15.5. The third kappa shape index (κ3) is 4.56. The zero-order chi connectivity index (χ0) is 22.6. The maximum Gasteiger partial charge on any atom is 0.253 e. The summed E-state index contributed by atoms with van der Waals surface area (Å²) in [5.41, 5.74) is 1.07. The van der Waals surface area contributed by atoms with Crippen LogP contribution in [0.2, 0.25) is 0 Å². The Morgan fingerprint density at radius 1 is 1.16 bits per heavy atom. The number of halogens is 1. The molecule has 0 aliphatic carbocycles. The molecule has 6 nitrogen and oxygen atoms in total. The van der Waals surface area contributed by atoms with Crippen LogP contribution in [0.25, 0.3) is 11.3 Å². The van der Waals surface area contributed by atoms with E-state index in [2.05, 4.69) is 10.5 Å². The molecule has 2 aromatic carbocycles. The topological polar surface area (TPSA) is 75.4 Å². The fourth-order valence-corrected chi connectivity index (χ4v) is 4.34. The fraction of sp³-hybridized carbons (Fsp3) is 0.320. The number of hydrogen-bond donors (Lipinski definition) is 1. The van der Waals surface area contributed by atoms with Gasteiger partial charge in [0.25, 0.3) is 5.91 Å². The Balaban J connectivity index is 1.59. The van der Waals surface area contributed by atoms with Crippen LogP contribution in [0.3, 0.4) is 0 Å². The van der Waals surface area contributed by atoms with Crippen molar-refractivity contribution in [3.63, 3.8) is 0 Å². The fourth-order valence-electron chi connectivity index (χ4n) is 4.34. The van der Waals surface area contributed by atoms with E-state index < -0.39 is 11.2 Å². The highest BCUT2D eigenvalue weighted by Gasteiger charge is 2.44. The molecule has 1 aliphatic heterocycles. The number of likely N-dealkylation sites (tertiary alicyclic amines) is 1. The zero-order valence-corrected chi connectivity index (χ0v) is 18.0. The lowest BCUT2D eigenvalue weighted by atomic mass is 9.75. The van der Waals surface area contributed by atoms with Gasteiger partial charge >= 0.3 is 0 Å². The maximum absolute atomic E-state index is 13.7. The lowest BCUT2D eigenvalue weighted by molar-refractivity contribution is -0.133. The zero-order valence-electron chi connectivity index (χ0n) is 18.0. The van der Waals surface area contributed by atoms with Crippen LogP contribution >= 0.6 is 0 Å². The van der Waals surface area contributed by atoms with Gasteiger partial charge in [-0.3, -0.25) is 9.59 Å². The van der Waals surface area contributed by atoms with Gasteiger partial charge in [0.1, 0.15) is 17.3 Å². The van der Waals surface area contributed by atoms with Crippen molar-refractivity contribution in [2.45, 2.75) is 26.2 Å². The number of rotatable bonds is 6. The molecule has 166 valence electrons. The van der Waals surface area contributed by atoms with Crippen LogP contribution in [0.5, 0.6) is 0 Å². The first-order valence-corrected chi connectivity index (χ1v) is 10.8. The highest BCUT2D eigenvalue weighted by atomic mass is 19.1. The molecule has 4 rings (SSSR count). The second-order valence-electron chi connectivity index (χ2n) is 8.20. The van der Waals surface area contributed by atoms with Gasteiger partial charge in [0.05, 0.1) is 5.41 Å². The summed E-state index contributed by atoms with van der Waals surface area (Å²) >= 11 is 0. The molecule has 1 fully saturated rings. The quantitative estimate of drug-likeness (QED) is 0.633. The minimum Gasteiger partial charge on any atom is -0.361 e. The number of aromatic nitrogens is 1. The van der Waals surface area contributed by atoms with Crippen LogP contribution in [0.1, 0.15) is 35.9 Å². The van der Waals surface area contributed by atoms with Gasteiger partial charge in [-0.15, -0.1) is 0 Å². The largest absolute Gasteiger partial charge is 0.361 e. The van der Waals surface area contributed by atoms with Gasteiger partial charge in [-0.2, -0.15) is 0 Å². The van der Waals surface area contributed by atoms with E-state index in [0.717, 1.165) is 5.56 Å². The van der Waals surface area contributed by atoms with E-state index in [0.29, 0.717) is 43.8 Å². The summed E-state index contributed by atoms with van der Waals surface area (Å²) in [5.74, 6) is -0.261. The molecule has 1 saturated heterocycles. The average Bonchev–Trinajstić information content (AvgIpc) is 3.28. The number of benzene rings is 2. The molecule has 0 radical (unpaired) electrons. The molecule has 7 heteroatoms. The number of amides is 2. The first kappa shape index (κ1) is 21.7. The van der Waals surface area contributed by atoms with Crippen LogP contribution in [0, 0.1) is 11.2 Å². The van der Waals surface area contributed by atoms with Crippen molar-refractivity contribution in [3.8, 4) is 11.3 Å². The number of nitrogens with zero attached hydrogens (tertiary/aromatic N) is 2. The smallest absolute Gasteiger partial charge is 0.253 e. The number of piperidine rings is 1. The number of hydrogen-bond acceptors (Lipinski definition) is 4. The number of carbonyl (C=O) groups is 2. The second kappa shape index (κ2) is 9.34. The maximum atomic E-state index is 13.7. The van der Waals surface area contributed by atoms with Gasteiger partial charge < -0.3 is 14.7 Å². The minimum absolute atomic E-state index is 0.116. The van der Waals surface area contributed by atoms with E-state index in [1.54, 1.807) is 11.0 Å². The van der Waals surface area contributed by atoms with Gasteiger partial charge in [0.15, 0.2) is 0 Å². The summed E-state index contributed by atoms with van der Waals surface area (Å²) in [6.07, 6.45) is 1.61. The molecule has 1 aliphatic rings. The van der Waals surface area contributed by atoms with E-state index in [-0.39, 0.29) is 23.9 Å². The van der Waals surface area contributed by atoms with Gasteiger partial charge in [-0.25, -0.2) is 4.39 Å². The molecule has 0 saturated carbocycles. The molecule has 0 spiro atoms. The van der Waals surface area contributed by atoms with E-state index in [1.807, 2.05) is 43.3 Å². The SMILES string of the molecule is CCNC(=O)C1(Cc2cc(-c3ccccc3)no2)CCCN(C(=O)c2cccc(F)c2)C1. The number of carbonyl (C=O) groups excluding carboxylic acids is 2. The van der Waals surface area contributed by atoms with E-state index >= 15 is 0 Å². The number of nitrogens with one attached hydrogen (secondary N) is 1. The van der Waals surface area contributed by atoms with Crippen LogP contribution in [-0.2, 0) is 11.2 Å². The van der Waals surface area contributed by atoms with Gasteiger partial charge in [0, 0.05) is 43.2 Å². The Morgan fingerprint density at radius 2 is 1.97 bits per heavy atom. The van der Waals surface area contributed by atoms with E-state index in [9.17, 15) is 14.0 Å². The van der Waals surface area contributed by atoms with Crippen molar-refractivity contribution in [2.75, 3.05) is 19.6 Å². The Hall–Kier alpha value is -3.48. The lowest BCUT2D eigenvalue weighted by Gasteiger charge is -2.41. The normalized spacial score (nSPS) is 18.4. The van der Waals surface area contributed by atoms with Crippen LogP contribution in [0.15, 0.2) is 65.2 Å². The summed E-state index contributed by atoms with van der Waals surface area (Å²) in [6.45, 7) is 3.11. The predicted octanol–water partition coefficient (Wildman–Crippen LogP) is 4.08. The molecule has 2 heterocycles. The van der Waals surface area contributed by atoms with Crippen molar-refractivity contribution in [1.29, 1.82) is 0 Å². The predicted molar refractivity (Wildman–Crippen MR) is 118 cm³/mol. The highest BCUT2D eigenvalue weighted by Crippen LogP contribution is 2.36. The first-order valence-electron chi connectivity index (χ1n) is 10.8. The van der Waals surface area contributed by atoms with Crippen LogP contribution in [0.4, 0.5) is 4.39 Å². The van der Waals surface area contributed by atoms with E-state index in [1.165, 1.54) is 18.2 Å². The monoisotopic (exact) mass is 435 g/mol. The van der Waals surface area contributed by atoms with Crippen LogP contribution < -0.4 is 5.32 Å². The van der Waals surface area contributed by atoms with Gasteiger partial charge in [-0.05, 0) is 38.0 Å². The van der Waals surface area contributed by atoms with Gasteiger partial charge in [0.2, 0.25) is 5.91 Å². The van der Waals surface area contributed by atoms with Crippen molar-refractivity contribution >= 4 is 11.8 Å². The molecule has 3 aromatic rings. The third-order valence-electron chi connectivity index (χ3n) is 5.90. The molecule has 32 heavy (non-hydrogen) atoms. The molecule has 2 amide bonds. The van der Waals surface area contributed by atoms with Crippen molar-refractivity contribution in [3.05, 3.63) is 77.8 Å². The molecule has 1 aromatic heterocycles. The second-order valence-corrected chi connectivity index (χ2v) is 8.20. The minimum atomic E-state index is -0.843. The Labute approximate surface area is 186 Å². The molecular weight excluding hydrogens is 409 g/mol. The van der Waals surface area contributed by atoms with Crippen molar-refractivity contribution < 1.29 is 18.5 Å². The summed E-state index contributed by atoms with van der Waals surface area (Å²) in [7, 11) is 0. The Bertz CT molecular complexity index is 1100. The molecule has 1 atom stereocenters. The summed E-state index contributed by atoms with van der Waals surface area (Å²) < 4.78 is 19.2. The Morgan fingerprint density at radius 3 is 2.72 bits per heavy atom. The third-order valence-corrected chi connectivity index (χ3v) is 5.90. The van der Waals surface area contributed by atoms with Gasteiger partial charge in [-0.1, -0.05) is 41.6 Å². The highest BCUT2D eigenvalue weighted by molar-refractivity contribution is 5.95. The standard InChI is InChI=1S/C25H26FN3O3/c1-2-27-24(31)25(16-21-15-22(28-32-21)18-8-4-3-5-9-18)12-7-13-29(17-25)23(30)19-10-6-11-20(26)14-19/h3-6,8-11,14-15H,2,7,12-13,16-17H2,1H3,(H,27,31). The van der Waals surface area contributed by atoms with Crippen molar-refractivity contribution in [2.24, 2.45) is 5.41 Å². The lowest BCUT2D eigenvalue weighted by Crippen LogP contribution is -2.54. The molecular formula is C25H26FN3O3. The molecule has 1 unspecified atom stereocenters. The molecule has 1 N–H and O–H groups in total. The summed E-state index contributed by atoms with van der Waals surface area (Å²) in [5, 5.41) is 7.10. The Kier molecular flexibility index (Phi) is 6.35. The average molecular weight is 435 g/mol. The molecule has 0 bridgehead atoms.